The summed E-state index contributed by atoms with van der Waals surface area (Å²) in [5.41, 5.74) is 0. The molecule has 0 saturated carbocycles. The van der Waals surface area contributed by atoms with Crippen LogP contribution in [0.1, 0.15) is 361 Å². The maximum atomic E-state index is 12.9. The second-order valence-electron chi connectivity index (χ2n) is 27.0. The van der Waals surface area contributed by atoms with E-state index in [1.165, 1.54) is 257 Å². The van der Waals surface area contributed by atoms with E-state index in [4.69, 9.17) is 18.5 Å². The summed E-state index contributed by atoms with van der Waals surface area (Å²) in [5.74, 6) is -0.780. The Balaban J connectivity index is 3.93. The van der Waals surface area contributed by atoms with Gasteiger partial charge in [-0.15, -0.1) is 0 Å². The van der Waals surface area contributed by atoms with Gasteiger partial charge in [0.2, 0.25) is 0 Å². The van der Waals surface area contributed by atoms with Crippen molar-refractivity contribution in [2.24, 2.45) is 0 Å². The largest absolute Gasteiger partial charge is 0.472 e. The van der Waals surface area contributed by atoms with Crippen molar-refractivity contribution in [3.8, 4) is 0 Å². The maximum absolute atomic E-state index is 12.9. The van der Waals surface area contributed by atoms with E-state index < -0.39 is 26.5 Å². The minimum absolute atomic E-state index is 0.0325. The number of carbonyl (C=O) groups is 2. The van der Waals surface area contributed by atoms with Crippen molar-refractivity contribution in [2.75, 3.05) is 47.5 Å². The first-order valence-electron chi connectivity index (χ1n) is 38.3. The van der Waals surface area contributed by atoms with Crippen molar-refractivity contribution >= 4 is 19.8 Å². The van der Waals surface area contributed by atoms with E-state index in [1.807, 2.05) is 21.1 Å². The third-order valence-electron chi connectivity index (χ3n) is 16.9. The Bertz CT molecular complexity index is 1800. The number of esters is 2. The Morgan fingerprint density at radius 2 is 0.633 bits per heavy atom. The Hall–Kier alpha value is -2.81. The molecule has 9 nitrogen and oxygen atoms in total. The Labute approximate surface area is 558 Å². The van der Waals surface area contributed by atoms with E-state index in [1.54, 1.807) is 0 Å². The highest BCUT2D eigenvalue weighted by Gasteiger charge is 2.27. The number of rotatable bonds is 71. The second-order valence-corrected chi connectivity index (χ2v) is 28.5. The lowest BCUT2D eigenvalue weighted by molar-refractivity contribution is -0.870. The molecule has 2 unspecified atom stereocenters. The number of nitrogens with zero attached hydrogens (tertiary/aromatic N) is 1. The van der Waals surface area contributed by atoms with Gasteiger partial charge in [-0.2, -0.15) is 0 Å². The Morgan fingerprint density at radius 1 is 0.356 bits per heavy atom. The van der Waals surface area contributed by atoms with Crippen LogP contribution in [0.15, 0.2) is 85.1 Å². The van der Waals surface area contributed by atoms with Crippen LogP contribution in [-0.4, -0.2) is 74.9 Å². The van der Waals surface area contributed by atoms with Crippen molar-refractivity contribution in [2.45, 2.75) is 367 Å². The summed E-state index contributed by atoms with van der Waals surface area (Å²) in [4.78, 5) is 35.9. The lowest BCUT2D eigenvalue weighted by Crippen LogP contribution is -2.37. The van der Waals surface area contributed by atoms with Gasteiger partial charge in [-0.1, -0.05) is 343 Å². The summed E-state index contributed by atoms with van der Waals surface area (Å²) in [6.45, 7) is 4.37. The lowest BCUT2D eigenvalue weighted by Gasteiger charge is -2.24. The zero-order chi connectivity index (χ0) is 65.5. The molecule has 0 bridgehead atoms. The van der Waals surface area contributed by atoms with E-state index in [-0.39, 0.29) is 25.6 Å². The monoisotopic (exact) mass is 1280 g/mol. The molecule has 0 rings (SSSR count). The molecule has 0 aromatic rings. The third-order valence-corrected chi connectivity index (χ3v) is 17.9. The SMILES string of the molecule is CC/C=C\C/C=C\C/C=C\C/C=C\C/C=C\C/C=C\CCCCCCCCCCCCCCCCCCCCCCCCC(=O)OC(COC(=O)CCCCCCCCCCCCCCC/C=C\CCCCCCCCCC)COP(=O)(O)OCC[N+](C)(C)C. The minimum Gasteiger partial charge on any atom is -0.462 e. The smallest absolute Gasteiger partial charge is 0.462 e. The van der Waals surface area contributed by atoms with Crippen LogP contribution in [0.3, 0.4) is 0 Å². The van der Waals surface area contributed by atoms with E-state index in [9.17, 15) is 19.0 Å². The normalized spacial score (nSPS) is 13.5. The van der Waals surface area contributed by atoms with Gasteiger partial charge in [-0.25, -0.2) is 4.57 Å². The molecular formula is C80H147NO8P+. The first-order valence-corrected chi connectivity index (χ1v) is 39.8. The van der Waals surface area contributed by atoms with Crippen LogP contribution in [-0.2, 0) is 32.7 Å². The van der Waals surface area contributed by atoms with Gasteiger partial charge in [0.05, 0.1) is 27.7 Å². The summed E-state index contributed by atoms with van der Waals surface area (Å²) in [6.07, 6.45) is 97.2. The molecule has 0 aromatic carbocycles. The number of hydrogen-bond donors (Lipinski definition) is 1. The van der Waals surface area contributed by atoms with Crippen LogP contribution >= 0.6 is 7.82 Å². The summed E-state index contributed by atoms with van der Waals surface area (Å²) in [7, 11) is 1.49. The van der Waals surface area contributed by atoms with Crippen molar-refractivity contribution in [1.82, 2.24) is 0 Å². The Morgan fingerprint density at radius 3 is 0.956 bits per heavy atom. The van der Waals surface area contributed by atoms with Crippen molar-refractivity contribution in [3.63, 3.8) is 0 Å². The number of carbonyl (C=O) groups excluding carboxylic acids is 2. The topological polar surface area (TPSA) is 108 Å². The summed E-state index contributed by atoms with van der Waals surface area (Å²) in [5, 5.41) is 0. The van der Waals surface area contributed by atoms with Crippen molar-refractivity contribution in [3.05, 3.63) is 85.1 Å². The summed E-state index contributed by atoms with van der Waals surface area (Å²) >= 11 is 0. The summed E-state index contributed by atoms with van der Waals surface area (Å²) < 4.78 is 34.8. The maximum Gasteiger partial charge on any atom is 0.472 e. The number of unbranched alkanes of at least 4 members (excludes halogenated alkanes) is 43. The zero-order valence-electron chi connectivity index (χ0n) is 59.9. The molecule has 90 heavy (non-hydrogen) atoms. The molecule has 0 radical (unpaired) electrons. The van der Waals surface area contributed by atoms with Gasteiger partial charge in [-0.05, 0) is 89.9 Å². The van der Waals surface area contributed by atoms with E-state index in [0.29, 0.717) is 23.9 Å². The number of allylic oxidation sites excluding steroid dienone is 14. The molecular weight excluding hydrogens is 1130 g/mol. The highest BCUT2D eigenvalue weighted by Crippen LogP contribution is 2.43. The molecule has 0 saturated heterocycles. The van der Waals surface area contributed by atoms with Crippen LogP contribution in [0.4, 0.5) is 0 Å². The van der Waals surface area contributed by atoms with Crippen LogP contribution in [0.25, 0.3) is 0 Å². The molecule has 1 N–H and O–H groups in total. The summed E-state index contributed by atoms with van der Waals surface area (Å²) in [6, 6.07) is 0. The number of quaternary nitrogens is 1. The number of ether oxygens (including phenoxy) is 2. The number of hydrogen-bond acceptors (Lipinski definition) is 7. The molecule has 0 aliphatic carbocycles. The predicted octanol–water partition coefficient (Wildman–Crippen LogP) is 25.3. The standard InChI is InChI=1S/C80H146NO8P/c1-6-8-10-12-14-16-18-20-22-24-26-28-30-32-33-34-35-36-37-38-39-40-41-42-43-44-45-46-47-49-51-53-55-57-59-61-63-65-67-69-71-73-80(83)89-78(77-88-90(84,85)87-75-74-81(3,4)5)76-86-79(82)72-70-68-66-64-62-60-58-56-54-52-50-48-31-29-27-25-23-21-19-17-15-13-11-9-7-2/h8,10,14,16,20,22,25-28,32-33,35-36,78H,6-7,9,11-13,15,17-19,21,23-24,29-31,34,37-77H2,1-5H3/p+1/b10-8-,16-14-,22-20-,27-25-,28-26-,33-32-,36-35-. The predicted molar refractivity (Wildman–Crippen MR) is 390 cm³/mol. The van der Waals surface area contributed by atoms with E-state index in [2.05, 4.69) is 98.9 Å². The molecule has 2 atom stereocenters. The van der Waals surface area contributed by atoms with Crippen LogP contribution in [0, 0.1) is 0 Å². The van der Waals surface area contributed by atoms with Gasteiger partial charge in [-0.3, -0.25) is 18.6 Å². The van der Waals surface area contributed by atoms with Crippen molar-refractivity contribution < 1.29 is 42.1 Å². The Kier molecular flexibility index (Phi) is 68.3. The average molecular weight is 1280 g/mol. The van der Waals surface area contributed by atoms with Gasteiger partial charge in [0.25, 0.3) is 0 Å². The minimum atomic E-state index is -4.39. The first kappa shape index (κ1) is 87.2. The van der Waals surface area contributed by atoms with Gasteiger partial charge >= 0.3 is 19.8 Å². The zero-order valence-corrected chi connectivity index (χ0v) is 60.8. The van der Waals surface area contributed by atoms with Crippen LogP contribution in [0.2, 0.25) is 0 Å². The molecule has 0 aromatic heterocycles. The van der Waals surface area contributed by atoms with E-state index in [0.717, 1.165) is 70.6 Å². The lowest BCUT2D eigenvalue weighted by atomic mass is 10.0. The number of likely N-dealkylation sites (N-methyl/N-ethyl adjacent to an activating group) is 1. The highest BCUT2D eigenvalue weighted by molar-refractivity contribution is 7.47. The molecule has 10 heteroatoms. The highest BCUT2D eigenvalue weighted by atomic mass is 31.2. The fraction of sp³-hybridized carbons (Fsp3) is 0.800. The van der Waals surface area contributed by atoms with Crippen LogP contribution in [0.5, 0.6) is 0 Å². The van der Waals surface area contributed by atoms with Gasteiger partial charge in [0.1, 0.15) is 19.8 Å². The molecule has 0 spiro atoms. The molecule has 0 amide bonds. The second kappa shape index (κ2) is 70.5. The molecule has 0 heterocycles. The quantitative estimate of drug-likeness (QED) is 0.0211. The van der Waals surface area contributed by atoms with Crippen LogP contribution < -0.4 is 0 Å². The average Bonchev–Trinajstić information content (AvgIpc) is 3.62. The molecule has 0 aliphatic heterocycles. The first-order chi connectivity index (χ1) is 44.0. The number of phosphoric ester groups is 1. The molecule has 524 valence electrons. The number of phosphoric acid groups is 1. The molecule has 0 aliphatic rings. The van der Waals surface area contributed by atoms with Gasteiger partial charge in [0.15, 0.2) is 6.10 Å². The molecule has 0 fully saturated rings. The van der Waals surface area contributed by atoms with Gasteiger partial charge < -0.3 is 18.9 Å². The third kappa shape index (κ3) is 74.2. The fourth-order valence-corrected chi connectivity index (χ4v) is 11.8. The fourth-order valence-electron chi connectivity index (χ4n) is 11.1. The van der Waals surface area contributed by atoms with Gasteiger partial charge in [0, 0.05) is 12.8 Å². The van der Waals surface area contributed by atoms with Crippen molar-refractivity contribution in [1.29, 1.82) is 0 Å². The van der Waals surface area contributed by atoms with E-state index >= 15 is 0 Å².